The second kappa shape index (κ2) is 3.55. The van der Waals surface area contributed by atoms with Crippen molar-refractivity contribution >= 4 is 15.8 Å². The average molecular weight is 165 g/mol. The van der Waals surface area contributed by atoms with E-state index in [1.165, 1.54) is 0 Å². The first-order valence-electron chi connectivity index (χ1n) is 2.88. The second-order valence-electron chi connectivity index (χ2n) is 1.96. The summed E-state index contributed by atoms with van der Waals surface area (Å²) in [5.41, 5.74) is 0.658. The lowest BCUT2D eigenvalue weighted by atomic mass is 10.3. The fourth-order valence-electron chi connectivity index (χ4n) is 0.196. The standard InChI is InChI=1S/C5H11NO3S/c1-4-5(2)6-9-10(3,7)8/h4H2,1-3H3/b6-5+. The van der Waals surface area contributed by atoms with E-state index in [0.29, 0.717) is 12.1 Å². The Labute approximate surface area is 61.0 Å². The third kappa shape index (κ3) is 5.55. The van der Waals surface area contributed by atoms with Crippen LogP contribution in [0.4, 0.5) is 0 Å². The molecule has 0 aliphatic heterocycles. The zero-order valence-corrected chi connectivity index (χ0v) is 7.10. The van der Waals surface area contributed by atoms with Gasteiger partial charge in [-0.05, 0) is 13.3 Å². The first-order valence-corrected chi connectivity index (χ1v) is 4.69. The lowest BCUT2D eigenvalue weighted by Crippen LogP contribution is -1.99. The molecule has 0 fully saturated rings. The molecule has 0 bridgehead atoms. The number of hydrogen-bond acceptors (Lipinski definition) is 4. The van der Waals surface area contributed by atoms with Gasteiger partial charge in [-0.1, -0.05) is 12.1 Å². The average Bonchev–Trinajstić information content (AvgIpc) is 1.81. The molecule has 0 aromatic heterocycles. The van der Waals surface area contributed by atoms with Gasteiger partial charge >= 0.3 is 10.1 Å². The Bertz CT molecular complexity index is 217. The third-order valence-electron chi connectivity index (χ3n) is 0.840. The maximum atomic E-state index is 10.3. The van der Waals surface area contributed by atoms with Crippen LogP contribution >= 0.6 is 0 Å². The summed E-state index contributed by atoms with van der Waals surface area (Å²) in [6.45, 7) is 3.57. The van der Waals surface area contributed by atoms with Crippen molar-refractivity contribution in [2.75, 3.05) is 6.26 Å². The highest BCUT2D eigenvalue weighted by molar-refractivity contribution is 7.85. The van der Waals surface area contributed by atoms with E-state index < -0.39 is 10.1 Å². The molecule has 10 heavy (non-hydrogen) atoms. The van der Waals surface area contributed by atoms with Crippen molar-refractivity contribution in [3.8, 4) is 0 Å². The van der Waals surface area contributed by atoms with E-state index in [-0.39, 0.29) is 0 Å². The van der Waals surface area contributed by atoms with E-state index in [4.69, 9.17) is 0 Å². The summed E-state index contributed by atoms with van der Waals surface area (Å²) in [6.07, 6.45) is 1.65. The maximum absolute atomic E-state index is 10.3. The summed E-state index contributed by atoms with van der Waals surface area (Å²) in [4.78, 5) is 0. The molecule has 5 heteroatoms. The number of oxime groups is 1. The molecule has 0 aromatic carbocycles. The molecule has 0 heterocycles. The van der Waals surface area contributed by atoms with Crippen molar-refractivity contribution in [3.05, 3.63) is 0 Å². The fraction of sp³-hybridized carbons (Fsp3) is 0.800. The molecule has 60 valence electrons. The summed E-state index contributed by atoms with van der Waals surface area (Å²) in [6, 6.07) is 0. The molecular weight excluding hydrogens is 154 g/mol. The normalized spacial score (nSPS) is 13.3. The van der Waals surface area contributed by atoms with Crippen LogP contribution in [-0.2, 0) is 14.4 Å². The lowest BCUT2D eigenvalue weighted by Gasteiger charge is -1.94. The Kier molecular flexibility index (Phi) is 3.35. The van der Waals surface area contributed by atoms with Crippen molar-refractivity contribution in [2.24, 2.45) is 5.16 Å². The molecule has 0 saturated carbocycles. The number of rotatable bonds is 3. The minimum atomic E-state index is -3.42. The second-order valence-corrected chi connectivity index (χ2v) is 3.52. The largest absolute Gasteiger partial charge is 0.325 e. The molecule has 0 rings (SSSR count). The Morgan fingerprint density at radius 1 is 1.60 bits per heavy atom. The smallest absolute Gasteiger partial charge is 0.269 e. The molecule has 0 spiro atoms. The van der Waals surface area contributed by atoms with Gasteiger partial charge in [0.15, 0.2) is 0 Å². The highest BCUT2D eigenvalue weighted by Gasteiger charge is 1.98. The van der Waals surface area contributed by atoms with Crippen molar-refractivity contribution in [2.45, 2.75) is 20.3 Å². The SMILES string of the molecule is CC/C(C)=N/OS(C)(=O)=O. The van der Waals surface area contributed by atoms with Crippen molar-refractivity contribution in [3.63, 3.8) is 0 Å². The molecule has 0 saturated heterocycles. The maximum Gasteiger partial charge on any atom is 0.325 e. The Morgan fingerprint density at radius 2 is 2.10 bits per heavy atom. The van der Waals surface area contributed by atoms with E-state index in [9.17, 15) is 8.42 Å². The summed E-state index contributed by atoms with van der Waals surface area (Å²) >= 11 is 0. The van der Waals surface area contributed by atoms with Crippen LogP contribution < -0.4 is 0 Å². The molecular formula is C5H11NO3S. The van der Waals surface area contributed by atoms with Crippen LogP contribution in [0, 0.1) is 0 Å². The van der Waals surface area contributed by atoms with Gasteiger partial charge in [0.05, 0.1) is 12.0 Å². The lowest BCUT2D eigenvalue weighted by molar-refractivity contribution is 0.342. The summed E-state index contributed by atoms with van der Waals surface area (Å²) in [5, 5.41) is 3.34. The minimum absolute atomic E-state index is 0.658. The Hall–Kier alpha value is -0.580. The summed E-state index contributed by atoms with van der Waals surface area (Å²) in [5.74, 6) is 0. The summed E-state index contributed by atoms with van der Waals surface area (Å²) in [7, 11) is -3.42. The molecule has 0 aliphatic carbocycles. The summed E-state index contributed by atoms with van der Waals surface area (Å²) < 4.78 is 24.8. The van der Waals surface area contributed by atoms with Gasteiger partial charge in [0.25, 0.3) is 0 Å². The topological polar surface area (TPSA) is 55.7 Å². The predicted molar refractivity (Wildman–Crippen MR) is 39.3 cm³/mol. The molecule has 0 radical (unpaired) electrons. The molecule has 0 aliphatic rings. The van der Waals surface area contributed by atoms with Crippen LogP contribution in [0.1, 0.15) is 20.3 Å². The number of hydrogen-bond donors (Lipinski definition) is 0. The molecule has 0 N–H and O–H groups in total. The van der Waals surface area contributed by atoms with Gasteiger partial charge in [0, 0.05) is 0 Å². The van der Waals surface area contributed by atoms with Gasteiger partial charge in [0.1, 0.15) is 0 Å². The quantitative estimate of drug-likeness (QED) is 0.458. The zero-order chi connectivity index (χ0) is 8.20. The molecule has 4 nitrogen and oxygen atoms in total. The number of nitrogens with zero attached hydrogens (tertiary/aromatic N) is 1. The molecule has 0 aromatic rings. The van der Waals surface area contributed by atoms with E-state index in [2.05, 4.69) is 9.44 Å². The Balaban J connectivity index is 3.98. The van der Waals surface area contributed by atoms with Gasteiger partial charge in [-0.15, -0.1) is 0 Å². The van der Waals surface area contributed by atoms with Crippen LogP contribution in [0.25, 0.3) is 0 Å². The van der Waals surface area contributed by atoms with Crippen LogP contribution in [0.3, 0.4) is 0 Å². The van der Waals surface area contributed by atoms with Crippen molar-refractivity contribution in [1.82, 2.24) is 0 Å². The Morgan fingerprint density at radius 3 is 2.40 bits per heavy atom. The van der Waals surface area contributed by atoms with E-state index in [1.807, 2.05) is 6.92 Å². The van der Waals surface area contributed by atoms with Gasteiger partial charge in [-0.25, -0.2) is 0 Å². The third-order valence-corrected chi connectivity index (χ3v) is 1.19. The van der Waals surface area contributed by atoms with Crippen LogP contribution in [-0.4, -0.2) is 20.4 Å². The van der Waals surface area contributed by atoms with Gasteiger partial charge in [0.2, 0.25) is 0 Å². The monoisotopic (exact) mass is 165 g/mol. The van der Waals surface area contributed by atoms with Gasteiger partial charge < -0.3 is 0 Å². The van der Waals surface area contributed by atoms with Gasteiger partial charge in [-0.2, -0.15) is 8.42 Å². The van der Waals surface area contributed by atoms with Crippen molar-refractivity contribution in [1.29, 1.82) is 0 Å². The molecule has 0 atom stereocenters. The fourth-order valence-corrected chi connectivity index (χ4v) is 0.459. The van der Waals surface area contributed by atoms with E-state index >= 15 is 0 Å². The highest BCUT2D eigenvalue weighted by atomic mass is 32.2. The molecule has 0 unspecified atom stereocenters. The van der Waals surface area contributed by atoms with Crippen LogP contribution in [0.15, 0.2) is 5.16 Å². The van der Waals surface area contributed by atoms with Gasteiger partial charge in [-0.3, -0.25) is 4.28 Å². The predicted octanol–water partition coefficient (Wildman–Crippen LogP) is 0.749. The first-order chi connectivity index (χ1) is 4.45. The van der Waals surface area contributed by atoms with Crippen LogP contribution in [0.2, 0.25) is 0 Å². The van der Waals surface area contributed by atoms with E-state index in [0.717, 1.165) is 6.26 Å². The minimum Gasteiger partial charge on any atom is -0.269 e. The first kappa shape index (κ1) is 9.42. The van der Waals surface area contributed by atoms with Crippen molar-refractivity contribution < 1.29 is 12.7 Å². The highest BCUT2D eigenvalue weighted by Crippen LogP contribution is 1.90. The van der Waals surface area contributed by atoms with E-state index in [1.54, 1.807) is 6.92 Å². The van der Waals surface area contributed by atoms with Crippen LogP contribution in [0.5, 0.6) is 0 Å². The molecule has 0 amide bonds. The zero-order valence-electron chi connectivity index (χ0n) is 6.29.